The number of nitrogens with zero attached hydrogens (tertiary/aromatic N) is 2. The summed E-state index contributed by atoms with van der Waals surface area (Å²) in [6, 6.07) is 19.3. The molecule has 106 valence electrons. The average molecular weight is 306 g/mol. The van der Waals surface area contributed by atoms with E-state index >= 15 is 0 Å². The van der Waals surface area contributed by atoms with E-state index < -0.39 is 0 Å². The Kier molecular flexibility index (Phi) is 4.04. The normalized spacial score (nSPS) is 11.2. The van der Waals surface area contributed by atoms with Crippen molar-refractivity contribution in [3.63, 3.8) is 0 Å². The van der Waals surface area contributed by atoms with Gasteiger partial charge in [0.15, 0.2) is 0 Å². The zero-order valence-electron chi connectivity index (χ0n) is 11.6. The summed E-state index contributed by atoms with van der Waals surface area (Å²) in [5.41, 5.74) is 4.18. The van der Waals surface area contributed by atoms with Crippen LogP contribution in [0.1, 0.15) is 11.1 Å². The monoisotopic (exact) mass is 305 g/mol. The molecule has 0 saturated heterocycles. The van der Waals surface area contributed by atoms with Gasteiger partial charge in [-0.3, -0.25) is 5.10 Å². The van der Waals surface area contributed by atoms with Gasteiger partial charge in [0.25, 0.3) is 0 Å². The number of aromatic nitrogens is 2. The molecule has 0 fully saturated rings. The topological polar surface area (TPSA) is 52.5 Å². The lowest BCUT2D eigenvalue weighted by molar-refractivity contribution is 1.10. The van der Waals surface area contributed by atoms with Crippen LogP contribution in [0.3, 0.4) is 0 Å². The fraction of sp³-hybridized carbons (Fsp3) is 0. The minimum atomic E-state index is 0.565. The zero-order valence-corrected chi connectivity index (χ0v) is 12.4. The van der Waals surface area contributed by atoms with Gasteiger partial charge in [-0.1, -0.05) is 54.1 Å². The number of benzene rings is 2. The molecule has 1 heterocycles. The van der Waals surface area contributed by atoms with E-state index in [-0.39, 0.29) is 0 Å². The summed E-state index contributed by atoms with van der Waals surface area (Å²) in [4.78, 5) is 0. The number of nitriles is 1. The van der Waals surface area contributed by atoms with Crippen LogP contribution in [0.15, 0.2) is 60.8 Å². The van der Waals surface area contributed by atoms with Crippen molar-refractivity contribution in [1.29, 1.82) is 5.26 Å². The SMILES string of the molecule is N#CC(=Cc1cn[nH]c1-c1ccccc1)c1ccc(Cl)cc1. The first kappa shape index (κ1) is 14.1. The highest BCUT2D eigenvalue weighted by atomic mass is 35.5. The van der Waals surface area contributed by atoms with Gasteiger partial charge in [-0.15, -0.1) is 0 Å². The van der Waals surface area contributed by atoms with Crippen LogP contribution in [0.25, 0.3) is 22.9 Å². The summed E-state index contributed by atoms with van der Waals surface area (Å²) in [6.45, 7) is 0. The molecule has 3 rings (SSSR count). The summed E-state index contributed by atoms with van der Waals surface area (Å²) in [6.07, 6.45) is 3.55. The Morgan fingerprint density at radius 3 is 2.50 bits per heavy atom. The minimum Gasteiger partial charge on any atom is -0.277 e. The molecule has 4 heteroatoms. The summed E-state index contributed by atoms with van der Waals surface area (Å²) in [7, 11) is 0. The lowest BCUT2D eigenvalue weighted by Crippen LogP contribution is -1.84. The lowest BCUT2D eigenvalue weighted by Gasteiger charge is -2.02. The van der Waals surface area contributed by atoms with Gasteiger partial charge in [0, 0.05) is 16.1 Å². The highest BCUT2D eigenvalue weighted by Crippen LogP contribution is 2.25. The van der Waals surface area contributed by atoms with E-state index in [1.54, 1.807) is 18.3 Å². The van der Waals surface area contributed by atoms with Gasteiger partial charge in [-0.05, 0) is 23.8 Å². The summed E-state index contributed by atoms with van der Waals surface area (Å²) in [5.74, 6) is 0. The molecule has 1 N–H and O–H groups in total. The number of hydrogen-bond acceptors (Lipinski definition) is 2. The Morgan fingerprint density at radius 2 is 1.82 bits per heavy atom. The molecular weight excluding hydrogens is 294 g/mol. The minimum absolute atomic E-state index is 0.565. The lowest BCUT2D eigenvalue weighted by atomic mass is 10.0. The Balaban J connectivity index is 2.03. The maximum absolute atomic E-state index is 9.43. The van der Waals surface area contributed by atoms with Crippen molar-refractivity contribution in [3.8, 4) is 17.3 Å². The molecule has 0 aliphatic rings. The second-order valence-corrected chi connectivity index (χ2v) is 5.18. The van der Waals surface area contributed by atoms with Crippen molar-refractivity contribution in [2.24, 2.45) is 0 Å². The molecule has 0 radical (unpaired) electrons. The Morgan fingerprint density at radius 1 is 1.09 bits per heavy atom. The zero-order chi connectivity index (χ0) is 15.4. The molecule has 0 bridgehead atoms. The van der Waals surface area contributed by atoms with Gasteiger partial charge in [0.1, 0.15) is 0 Å². The molecule has 0 aliphatic heterocycles. The predicted molar refractivity (Wildman–Crippen MR) is 89.0 cm³/mol. The van der Waals surface area contributed by atoms with Crippen molar-refractivity contribution < 1.29 is 0 Å². The van der Waals surface area contributed by atoms with E-state index in [9.17, 15) is 5.26 Å². The van der Waals surface area contributed by atoms with Crippen molar-refractivity contribution in [2.45, 2.75) is 0 Å². The van der Waals surface area contributed by atoms with Crippen LogP contribution < -0.4 is 0 Å². The number of hydrogen-bond donors (Lipinski definition) is 1. The molecule has 1 aromatic heterocycles. The van der Waals surface area contributed by atoms with Gasteiger partial charge in [0.05, 0.1) is 23.5 Å². The average Bonchev–Trinajstić information content (AvgIpc) is 3.02. The maximum Gasteiger partial charge on any atom is 0.0998 e. The van der Waals surface area contributed by atoms with Crippen LogP contribution in [-0.4, -0.2) is 10.2 Å². The van der Waals surface area contributed by atoms with Crippen molar-refractivity contribution in [2.75, 3.05) is 0 Å². The second-order valence-electron chi connectivity index (χ2n) is 4.74. The van der Waals surface area contributed by atoms with Gasteiger partial charge in [-0.25, -0.2) is 0 Å². The van der Waals surface area contributed by atoms with E-state index in [1.807, 2.05) is 48.5 Å². The maximum atomic E-state index is 9.43. The summed E-state index contributed by atoms with van der Waals surface area (Å²) in [5, 5.41) is 17.2. The van der Waals surface area contributed by atoms with E-state index in [4.69, 9.17) is 11.6 Å². The van der Waals surface area contributed by atoms with Crippen LogP contribution in [0.4, 0.5) is 0 Å². The van der Waals surface area contributed by atoms with Gasteiger partial charge < -0.3 is 0 Å². The van der Waals surface area contributed by atoms with Gasteiger partial charge in [-0.2, -0.15) is 10.4 Å². The standard InChI is InChI=1S/C18H12ClN3/c19-17-8-6-13(7-9-17)15(11-20)10-16-12-21-22-18(16)14-4-2-1-3-5-14/h1-10,12H,(H,21,22). The first-order valence-electron chi connectivity index (χ1n) is 6.74. The first-order valence-corrected chi connectivity index (χ1v) is 7.12. The third-order valence-corrected chi connectivity index (χ3v) is 3.56. The first-order chi connectivity index (χ1) is 10.8. The number of nitrogens with one attached hydrogen (secondary N) is 1. The third-order valence-electron chi connectivity index (χ3n) is 3.31. The van der Waals surface area contributed by atoms with Gasteiger partial charge in [0.2, 0.25) is 0 Å². The molecule has 0 amide bonds. The quantitative estimate of drug-likeness (QED) is 0.707. The molecule has 2 aromatic carbocycles. The Hall–Kier alpha value is -2.83. The van der Waals surface area contributed by atoms with E-state index in [1.165, 1.54) is 0 Å². The Labute approximate surface area is 133 Å². The third kappa shape index (κ3) is 2.93. The van der Waals surface area contributed by atoms with E-state index in [0.717, 1.165) is 22.4 Å². The number of allylic oxidation sites excluding steroid dienone is 1. The Bertz CT molecular complexity index is 840. The second kappa shape index (κ2) is 6.30. The number of H-pyrrole nitrogens is 1. The van der Waals surface area contributed by atoms with Crippen molar-refractivity contribution >= 4 is 23.3 Å². The van der Waals surface area contributed by atoms with Crippen molar-refractivity contribution in [3.05, 3.63) is 76.9 Å². The highest BCUT2D eigenvalue weighted by molar-refractivity contribution is 6.30. The molecule has 0 aliphatic carbocycles. The molecular formula is C18H12ClN3. The highest BCUT2D eigenvalue weighted by Gasteiger charge is 2.08. The fourth-order valence-corrected chi connectivity index (χ4v) is 2.33. The van der Waals surface area contributed by atoms with Crippen molar-refractivity contribution in [1.82, 2.24) is 10.2 Å². The number of halogens is 1. The number of aromatic amines is 1. The smallest absolute Gasteiger partial charge is 0.0998 e. The molecule has 3 aromatic rings. The van der Waals surface area contributed by atoms with Crippen LogP contribution in [0.2, 0.25) is 5.02 Å². The largest absolute Gasteiger partial charge is 0.277 e. The summed E-state index contributed by atoms with van der Waals surface area (Å²) < 4.78 is 0. The molecule has 3 nitrogen and oxygen atoms in total. The van der Waals surface area contributed by atoms with E-state index in [2.05, 4.69) is 16.3 Å². The molecule has 0 unspecified atom stereocenters. The number of rotatable bonds is 3. The summed E-state index contributed by atoms with van der Waals surface area (Å²) >= 11 is 5.89. The molecule has 22 heavy (non-hydrogen) atoms. The van der Waals surface area contributed by atoms with Gasteiger partial charge >= 0.3 is 0 Å². The molecule has 0 spiro atoms. The fourth-order valence-electron chi connectivity index (χ4n) is 2.21. The van der Waals surface area contributed by atoms with Crippen LogP contribution in [0.5, 0.6) is 0 Å². The molecule has 0 saturated carbocycles. The van der Waals surface area contributed by atoms with Crippen LogP contribution >= 0.6 is 11.6 Å². The van der Waals surface area contributed by atoms with Crippen LogP contribution in [-0.2, 0) is 0 Å². The predicted octanol–water partition coefficient (Wildman–Crippen LogP) is 4.79. The van der Waals surface area contributed by atoms with E-state index in [0.29, 0.717) is 10.6 Å². The van der Waals surface area contributed by atoms with Crippen LogP contribution in [0, 0.1) is 11.3 Å². The molecule has 0 atom stereocenters.